The maximum absolute atomic E-state index is 10.5. The molecule has 0 rings (SSSR count). The molecule has 0 aromatic carbocycles. The molecule has 0 amide bonds. The zero-order chi connectivity index (χ0) is 9.07. The molecule has 0 aromatic heterocycles. The summed E-state index contributed by atoms with van der Waals surface area (Å²) < 4.78 is 0. The standard InChI is InChI=1S/C6H14N2O3/c1-5(2)6(3-7,4-9)8(10)11/h5,9H,3-4,7H2,1-2H3. The van der Waals surface area contributed by atoms with Gasteiger partial charge in [0, 0.05) is 10.8 Å². The van der Waals surface area contributed by atoms with Gasteiger partial charge in [-0.15, -0.1) is 0 Å². The Bertz CT molecular complexity index is 143. The number of nitro groups is 1. The molecule has 0 aliphatic carbocycles. The first kappa shape index (κ1) is 10.3. The summed E-state index contributed by atoms with van der Waals surface area (Å²) in [6, 6.07) is 0. The SMILES string of the molecule is CC(C)C(CN)(CO)[N+](=O)[O-]. The highest BCUT2D eigenvalue weighted by Gasteiger charge is 2.44. The van der Waals surface area contributed by atoms with Crippen molar-refractivity contribution in [1.29, 1.82) is 0 Å². The van der Waals surface area contributed by atoms with Gasteiger partial charge in [0.05, 0.1) is 6.54 Å². The van der Waals surface area contributed by atoms with E-state index in [4.69, 9.17) is 10.8 Å². The van der Waals surface area contributed by atoms with E-state index >= 15 is 0 Å². The Hall–Kier alpha value is -0.680. The molecule has 0 fully saturated rings. The van der Waals surface area contributed by atoms with E-state index in [2.05, 4.69) is 0 Å². The number of aliphatic hydroxyl groups is 1. The molecule has 1 unspecified atom stereocenters. The smallest absolute Gasteiger partial charge is 0.258 e. The van der Waals surface area contributed by atoms with E-state index in [-0.39, 0.29) is 12.5 Å². The van der Waals surface area contributed by atoms with Crippen molar-refractivity contribution in [1.82, 2.24) is 0 Å². The van der Waals surface area contributed by atoms with Crippen LogP contribution < -0.4 is 5.73 Å². The number of nitrogens with two attached hydrogens (primary N) is 1. The molecule has 11 heavy (non-hydrogen) atoms. The Labute approximate surface area is 65.4 Å². The number of nitrogens with zero attached hydrogens (tertiary/aromatic N) is 1. The van der Waals surface area contributed by atoms with Gasteiger partial charge < -0.3 is 10.8 Å². The van der Waals surface area contributed by atoms with Crippen LogP contribution in [-0.2, 0) is 0 Å². The van der Waals surface area contributed by atoms with Gasteiger partial charge in [-0.25, -0.2) is 0 Å². The lowest BCUT2D eigenvalue weighted by molar-refractivity contribution is -0.579. The highest BCUT2D eigenvalue weighted by molar-refractivity contribution is 4.82. The van der Waals surface area contributed by atoms with E-state index in [0.29, 0.717) is 0 Å². The van der Waals surface area contributed by atoms with Crippen molar-refractivity contribution < 1.29 is 10.0 Å². The second kappa shape index (κ2) is 3.64. The second-order valence-electron chi connectivity index (χ2n) is 2.88. The molecule has 5 heteroatoms. The molecule has 3 N–H and O–H groups in total. The predicted molar refractivity (Wildman–Crippen MR) is 40.7 cm³/mol. The molecule has 5 nitrogen and oxygen atoms in total. The molecule has 0 heterocycles. The van der Waals surface area contributed by atoms with Gasteiger partial charge in [-0.05, 0) is 0 Å². The Morgan fingerprint density at radius 1 is 1.73 bits per heavy atom. The number of hydrogen-bond acceptors (Lipinski definition) is 4. The quantitative estimate of drug-likeness (QED) is 0.435. The molecule has 0 aliphatic heterocycles. The predicted octanol–water partition coefficient (Wildman–Crippen LogP) is -0.391. The average Bonchev–Trinajstić information content (AvgIpc) is 1.90. The second-order valence-corrected chi connectivity index (χ2v) is 2.88. The Morgan fingerprint density at radius 3 is 2.18 bits per heavy atom. The van der Waals surface area contributed by atoms with E-state index in [1.807, 2.05) is 0 Å². The van der Waals surface area contributed by atoms with Gasteiger partial charge in [0.25, 0.3) is 5.54 Å². The fourth-order valence-electron chi connectivity index (χ4n) is 0.826. The Kier molecular flexibility index (Phi) is 3.41. The molecule has 0 spiro atoms. The van der Waals surface area contributed by atoms with Crippen molar-refractivity contribution >= 4 is 0 Å². The first-order chi connectivity index (χ1) is 5.01. The average molecular weight is 162 g/mol. The van der Waals surface area contributed by atoms with Crippen molar-refractivity contribution in [2.24, 2.45) is 11.7 Å². The minimum atomic E-state index is -1.36. The minimum absolute atomic E-state index is 0.131. The Morgan fingerprint density at radius 2 is 2.18 bits per heavy atom. The van der Waals surface area contributed by atoms with E-state index in [1.165, 1.54) is 0 Å². The first-order valence-corrected chi connectivity index (χ1v) is 3.46. The van der Waals surface area contributed by atoms with Crippen LogP contribution in [0.1, 0.15) is 13.8 Å². The van der Waals surface area contributed by atoms with Crippen molar-refractivity contribution in [3.8, 4) is 0 Å². The minimum Gasteiger partial charge on any atom is -0.389 e. The summed E-state index contributed by atoms with van der Waals surface area (Å²) in [5.74, 6) is -0.257. The molecule has 66 valence electrons. The summed E-state index contributed by atoms with van der Waals surface area (Å²) in [6.45, 7) is 2.71. The summed E-state index contributed by atoms with van der Waals surface area (Å²) in [6.07, 6.45) is 0. The van der Waals surface area contributed by atoms with Gasteiger partial charge in [-0.1, -0.05) is 13.8 Å². The summed E-state index contributed by atoms with van der Waals surface area (Å²) in [7, 11) is 0. The highest BCUT2D eigenvalue weighted by Crippen LogP contribution is 2.18. The Balaban J connectivity index is 4.61. The molecular weight excluding hydrogens is 148 g/mol. The van der Waals surface area contributed by atoms with Crippen molar-refractivity contribution in [3.05, 3.63) is 10.1 Å². The van der Waals surface area contributed by atoms with Crippen LogP contribution in [0.5, 0.6) is 0 Å². The van der Waals surface area contributed by atoms with Crippen LogP contribution in [0, 0.1) is 16.0 Å². The van der Waals surface area contributed by atoms with Gasteiger partial charge in [0.2, 0.25) is 0 Å². The third kappa shape index (κ3) is 1.66. The topological polar surface area (TPSA) is 89.4 Å². The summed E-state index contributed by atoms with van der Waals surface area (Å²) in [5.41, 5.74) is 3.86. The lowest BCUT2D eigenvalue weighted by Gasteiger charge is -2.24. The van der Waals surface area contributed by atoms with Crippen LogP contribution in [-0.4, -0.2) is 28.7 Å². The zero-order valence-corrected chi connectivity index (χ0v) is 6.78. The summed E-state index contributed by atoms with van der Waals surface area (Å²) >= 11 is 0. The zero-order valence-electron chi connectivity index (χ0n) is 6.78. The third-order valence-electron chi connectivity index (χ3n) is 2.07. The number of rotatable bonds is 4. The molecule has 0 aromatic rings. The maximum Gasteiger partial charge on any atom is 0.258 e. The van der Waals surface area contributed by atoms with Gasteiger partial charge in [-0.2, -0.15) is 0 Å². The van der Waals surface area contributed by atoms with Gasteiger partial charge in [-0.3, -0.25) is 10.1 Å². The van der Waals surface area contributed by atoms with E-state index < -0.39 is 17.1 Å². The van der Waals surface area contributed by atoms with Crippen molar-refractivity contribution in [2.75, 3.05) is 13.2 Å². The molecule has 0 saturated carbocycles. The van der Waals surface area contributed by atoms with Crippen LogP contribution in [0.15, 0.2) is 0 Å². The van der Waals surface area contributed by atoms with Crippen LogP contribution >= 0.6 is 0 Å². The number of hydrogen-bond donors (Lipinski definition) is 2. The fourth-order valence-corrected chi connectivity index (χ4v) is 0.826. The molecule has 0 radical (unpaired) electrons. The molecule has 0 bridgehead atoms. The molecule has 0 saturated heterocycles. The van der Waals surface area contributed by atoms with Crippen LogP contribution in [0.4, 0.5) is 0 Å². The van der Waals surface area contributed by atoms with Gasteiger partial charge in [0.15, 0.2) is 0 Å². The number of aliphatic hydroxyl groups excluding tert-OH is 1. The van der Waals surface area contributed by atoms with Gasteiger partial charge >= 0.3 is 0 Å². The first-order valence-electron chi connectivity index (χ1n) is 3.46. The van der Waals surface area contributed by atoms with E-state index in [0.717, 1.165) is 0 Å². The van der Waals surface area contributed by atoms with Crippen molar-refractivity contribution in [3.63, 3.8) is 0 Å². The van der Waals surface area contributed by atoms with Crippen LogP contribution in [0.2, 0.25) is 0 Å². The molecule has 0 aliphatic rings. The highest BCUT2D eigenvalue weighted by atomic mass is 16.6. The van der Waals surface area contributed by atoms with Crippen LogP contribution in [0.25, 0.3) is 0 Å². The van der Waals surface area contributed by atoms with E-state index in [1.54, 1.807) is 13.8 Å². The monoisotopic (exact) mass is 162 g/mol. The normalized spacial score (nSPS) is 16.5. The van der Waals surface area contributed by atoms with E-state index in [9.17, 15) is 10.1 Å². The molecule has 1 atom stereocenters. The van der Waals surface area contributed by atoms with Gasteiger partial charge in [0.1, 0.15) is 6.61 Å². The van der Waals surface area contributed by atoms with Crippen LogP contribution in [0.3, 0.4) is 0 Å². The maximum atomic E-state index is 10.5. The van der Waals surface area contributed by atoms with Crippen molar-refractivity contribution in [2.45, 2.75) is 19.4 Å². The summed E-state index contributed by atoms with van der Waals surface area (Å²) in [5, 5.41) is 19.3. The lowest BCUT2D eigenvalue weighted by atomic mass is 9.88. The largest absolute Gasteiger partial charge is 0.389 e. The summed E-state index contributed by atoms with van der Waals surface area (Å²) in [4.78, 5) is 9.99. The fraction of sp³-hybridized carbons (Fsp3) is 1.00. The lowest BCUT2D eigenvalue weighted by Crippen LogP contribution is -2.53. The third-order valence-corrected chi connectivity index (χ3v) is 2.07. The molecular formula is C6H14N2O3.